The largest absolute Gasteiger partial charge is 0.478 e. The lowest BCUT2D eigenvalue weighted by atomic mass is 10.0. The number of thioether (sulfide) groups is 1. The van der Waals surface area contributed by atoms with Gasteiger partial charge >= 0.3 is 5.97 Å². The summed E-state index contributed by atoms with van der Waals surface area (Å²) in [4.78, 5) is 15.8. The highest BCUT2D eigenvalue weighted by molar-refractivity contribution is 8.02. The van der Waals surface area contributed by atoms with E-state index in [2.05, 4.69) is 11.1 Å². The second-order valence-corrected chi connectivity index (χ2v) is 5.42. The molecule has 6 heteroatoms. The maximum absolute atomic E-state index is 10.9. The van der Waals surface area contributed by atoms with Gasteiger partial charge in [0.05, 0.1) is 12.1 Å². The molecule has 0 saturated carbocycles. The lowest BCUT2D eigenvalue weighted by Crippen LogP contribution is -1.97. The van der Waals surface area contributed by atoms with Crippen molar-refractivity contribution >= 4 is 40.1 Å². The van der Waals surface area contributed by atoms with Crippen LogP contribution >= 0.6 is 23.4 Å². The topological polar surface area (TPSA) is 73.5 Å². The molecular formula is C17H17ClN2O2S. The Kier molecular flexibility index (Phi) is 7.60. The Balaban J connectivity index is 0.00000127. The van der Waals surface area contributed by atoms with E-state index in [1.165, 1.54) is 11.8 Å². The molecule has 1 N–H and O–H groups in total. The SMILES string of the molecule is CC.CSC1=C(C#N)C(Cl)=NCC(c2ccc(C(=O)O)cc2)=C1. The molecule has 0 fully saturated rings. The molecule has 0 bridgehead atoms. The number of carbonyl (C=O) groups is 1. The van der Waals surface area contributed by atoms with Crippen molar-refractivity contribution in [3.05, 3.63) is 51.9 Å². The van der Waals surface area contributed by atoms with Crippen molar-refractivity contribution < 1.29 is 9.90 Å². The van der Waals surface area contributed by atoms with E-state index in [1.807, 2.05) is 26.2 Å². The van der Waals surface area contributed by atoms with Crippen LogP contribution in [0.15, 0.2) is 45.8 Å². The molecule has 0 amide bonds. The molecule has 1 aliphatic rings. The van der Waals surface area contributed by atoms with E-state index in [1.54, 1.807) is 24.3 Å². The third kappa shape index (κ3) is 4.72. The molecule has 120 valence electrons. The monoisotopic (exact) mass is 348 g/mol. The number of nitriles is 1. The summed E-state index contributed by atoms with van der Waals surface area (Å²) in [5, 5.41) is 18.3. The summed E-state index contributed by atoms with van der Waals surface area (Å²) in [7, 11) is 0. The van der Waals surface area contributed by atoms with Crippen molar-refractivity contribution in [1.29, 1.82) is 5.26 Å². The molecular weight excluding hydrogens is 332 g/mol. The number of carboxylic acids is 1. The first-order valence-electron chi connectivity index (χ1n) is 6.99. The minimum Gasteiger partial charge on any atom is -0.478 e. The van der Waals surface area contributed by atoms with Gasteiger partial charge in [-0.3, -0.25) is 4.99 Å². The number of aliphatic imine (C=N–C) groups is 1. The molecule has 2 rings (SSSR count). The quantitative estimate of drug-likeness (QED) is 0.867. The van der Waals surface area contributed by atoms with Crippen molar-refractivity contribution in [3.8, 4) is 6.07 Å². The Morgan fingerprint density at radius 3 is 2.43 bits per heavy atom. The van der Waals surface area contributed by atoms with Crippen LogP contribution in [0.25, 0.3) is 5.57 Å². The number of carboxylic acid groups (broad SMARTS) is 1. The van der Waals surface area contributed by atoms with Crippen LogP contribution in [0.5, 0.6) is 0 Å². The molecule has 0 spiro atoms. The minimum absolute atomic E-state index is 0.204. The highest BCUT2D eigenvalue weighted by atomic mass is 35.5. The number of nitrogens with zero attached hydrogens (tertiary/aromatic N) is 2. The highest BCUT2D eigenvalue weighted by Gasteiger charge is 2.15. The van der Waals surface area contributed by atoms with Crippen LogP contribution in [-0.4, -0.2) is 29.0 Å². The van der Waals surface area contributed by atoms with Crippen molar-refractivity contribution in [2.45, 2.75) is 13.8 Å². The second-order valence-electron chi connectivity index (χ2n) is 4.21. The first-order valence-corrected chi connectivity index (χ1v) is 8.60. The van der Waals surface area contributed by atoms with Crippen LogP contribution in [0.3, 0.4) is 0 Å². The Morgan fingerprint density at radius 2 is 1.96 bits per heavy atom. The van der Waals surface area contributed by atoms with E-state index in [0.29, 0.717) is 12.1 Å². The van der Waals surface area contributed by atoms with Gasteiger partial charge in [-0.15, -0.1) is 11.8 Å². The summed E-state index contributed by atoms with van der Waals surface area (Å²) >= 11 is 7.45. The third-order valence-electron chi connectivity index (χ3n) is 2.98. The molecule has 0 saturated heterocycles. The number of hydrogen-bond donors (Lipinski definition) is 1. The Hall–Kier alpha value is -2.03. The Morgan fingerprint density at radius 1 is 1.35 bits per heavy atom. The molecule has 1 aliphatic heterocycles. The first-order chi connectivity index (χ1) is 11.1. The predicted octanol–water partition coefficient (Wildman–Crippen LogP) is 4.59. The normalized spacial score (nSPS) is 13.9. The van der Waals surface area contributed by atoms with E-state index in [0.717, 1.165) is 16.0 Å². The summed E-state index contributed by atoms with van der Waals surface area (Å²) in [5.74, 6) is -0.964. The number of rotatable bonds is 3. The lowest BCUT2D eigenvalue weighted by Gasteiger charge is -2.05. The minimum atomic E-state index is -0.964. The zero-order valence-corrected chi connectivity index (χ0v) is 14.7. The van der Waals surface area contributed by atoms with Gasteiger partial charge < -0.3 is 5.11 Å². The van der Waals surface area contributed by atoms with Gasteiger partial charge in [0.1, 0.15) is 16.8 Å². The number of benzene rings is 1. The molecule has 0 radical (unpaired) electrons. The van der Waals surface area contributed by atoms with Crippen LogP contribution in [-0.2, 0) is 0 Å². The number of halogens is 1. The molecule has 1 aromatic carbocycles. The van der Waals surface area contributed by atoms with Gasteiger partial charge in [0.25, 0.3) is 0 Å². The second kappa shape index (κ2) is 9.19. The summed E-state index contributed by atoms with van der Waals surface area (Å²) < 4.78 is 0. The van der Waals surface area contributed by atoms with Gasteiger partial charge in [-0.05, 0) is 35.6 Å². The summed E-state index contributed by atoms with van der Waals surface area (Å²) in [6.45, 7) is 4.35. The zero-order chi connectivity index (χ0) is 17.4. The van der Waals surface area contributed by atoms with E-state index >= 15 is 0 Å². The van der Waals surface area contributed by atoms with Gasteiger partial charge in [-0.2, -0.15) is 5.26 Å². The molecule has 0 unspecified atom stereocenters. The molecule has 1 aromatic rings. The van der Waals surface area contributed by atoms with Gasteiger partial charge in [0.15, 0.2) is 0 Å². The molecule has 0 aromatic heterocycles. The van der Waals surface area contributed by atoms with Gasteiger partial charge in [0, 0.05) is 4.91 Å². The molecule has 4 nitrogen and oxygen atoms in total. The summed E-state index contributed by atoms with van der Waals surface area (Å²) in [5.41, 5.74) is 2.34. The Labute approximate surface area is 145 Å². The van der Waals surface area contributed by atoms with Crippen molar-refractivity contribution in [1.82, 2.24) is 0 Å². The van der Waals surface area contributed by atoms with Crippen LogP contribution in [0.4, 0.5) is 0 Å². The molecule has 23 heavy (non-hydrogen) atoms. The first kappa shape index (κ1) is 19.0. The highest BCUT2D eigenvalue weighted by Crippen LogP contribution is 2.29. The third-order valence-corrected chi connectivity index (χ3v) is 4.05. The average Bonchev–Trinajstić information content (AvgIpc) is 2.75. The van der Waals surface area contributed by atoms with E-state index in [4.69, 9.17) is 22.0 Å². The fourth-order valence-electron chi connectivity index (χ4n) is 1.88. The van der Waals surface area contributed by atoms with Crippen molar-refractivity contribution in [3.63, 3.8) is 0 Å². The van der Waals surface area contributed by atoms with Gasteiger partial charge in [-0.1, -0.05) is 37.6 Å². The van der Waals surface area contributed by atoms with Crippen LogP contribution in [0, 0.1) is 11.3 Å². The fraction of sp³-hybridized carbons (Fsp3) is 0.235. The van der Waals surface area contributed by atoms with E-state index in [-0.39, 0.29) is 10.7 Å². The number of allylic oxidation sites excluding steroid dienone is 2. The van der Waals surface area contributed by atoms with Gasteiger partial charge in [0.2, 0.25) is 0 Å². The standard InChI is InChI=1S/C15H11ClN2O2S.C2H6/c1-21-13-6-11(8-18-14(16)12(13)7-17)9-2-4-10(5-3-9)15(19)20;1-2/h2-6H,8H2,1H3,(H,19,20);1-2H3. The van der Waals surface area contributed by atoms with E-state index < -0.39 is 5.97 Å². The summed E-state index contributed by atoms with van der Waals surface area (Å²) in [6, 6.07) is 8.61. The predicted molar refractivity (Wildman–Crippen MR) is 97.0 cm³/mol. The molecule has 1 heterocycles. The number of hydrogen-bond acceptors (Lipinski definition) is 4. The van der Waals surface area contributed by atoms with Crippen LogP contribution in [0.2, 0.25) is 0 Å². The maximum atomic E-state index is 10.9. The van der Waals surface area contributed by atoms with E-state index in [9.17, 15) is 4.79 Å². The average molecular weight is 349 g/mol. The smallest absolute Gasteiger partial charge is 0.335 e. The van der Waals surface area contributed by atoms with Crippen LogP contribution < -0.4 is 0 Å². The lowest BCUT2D eigenvalue weighted by molar-refractivity contribution is 0.0697. The maximum Gasteiger partial charge on any atom is 0.335 e. The van der Waals surface area contributed by atoms with Crippen molar-refractivity contribution in [2.24, 2.45) is 4.99 Å². The zero-order valence-electron chi connectivity index (χ0n) is 13.1. The molecule has 0 atom stereocenters. The summed E-state index contributed by atoms with van der Waals surface area (Å²) in [6.07, 6.45) is 3.74. The Bertz CT molecular complexity index is 713. The number of aromatic carboxylic acids is 1. The van der Waals surface area contributed by atoms with Crippen LogP contribution in [0.1, 0.15) is 29.8 Å². The molecule has 0 aliphatic carbocycles. The van der Waals surface area contributed by atoms with Gasteiger partial charge in [-0.25, -0.2) is 4.79 Å². The fourth-order valence-corrected chi connectivity index (χ4v) is 2.74. The van der Waals surface area contributed by atoms with Crippen molar-refractivity contribution in [2.75, 3.05) is 12.8 Å².